The number of hydrogen-bond donors (Lipinski definition) is 2. The van der Waals surface area contributed by atoms with E-state index in [2.05, 4.69) is 4.98 Å². The molecule has 0 bridgehead atoms. The first-order valence-corrected chi connectivity index (χ1v) is 4.46. The van der Waals surface area contributed by atoms with E-state index in [-0.39, 0.29) is 5.79 Å². The molecule has 2 aromatic rings. The van der Waals surface area contributed by atoms with Crippen LogP contribution in [0.2, 0.25) is 0 Å². The third-order valence-electron chi connectivity index (χ3n) is 2.10. The molecule has 1 aromatic carbocycles. The predicted octanol–water partition coefficient (Wildman–Crippen LogP) is 0.0700. The SMILES string of the molecule is CCc1ccc2oc(B(O)O)nc2c1. The summed E-state index contributed by atoms with van der Waals surface area (Å²) in [6.45, 7) is 2.04. The highest BCUT2D eigenvalue weighted by Gasteiger charge is 2.18. The summed E-state index contributed by atoms with van der Waals surface area (Å²) in [5, 5.41) is 17.7. The van der Waals surface area contributed by atoms with Gasteiger partial charge < -0.3 is 14.5 Å². The Hall–Kier alpha value is -1.33. The molecular weight excluding hydrogens is 181 g/mol. The van der Waals surface area contributed by atoms with Crippen LogP contribution >= 0.6 is 0 Å². The van der Waals surface area contributed by atoms with Crippen LogP contribution in [0.25, 0.3) is 11.1 Å². The first-order chi connectivity index (χ1) is 6.70. The van der Waals surface area contributed by atoms with Gasteiger partial charge in [-0.05, 0) is 24.1 Å². The maximum atomic E-state index is 8.85. The molecule has 72 valence electrons. The monoisotopic (exact) mass is 191 g/mol. The average Bonchev–Trinajstić information content (AvgIpc) is 2.59. The fourth-order valence-electron chi connectivity index (χ4n) is 1.32. The van der Waals surface area contributed by atoms with Gasteiger partial charge in [0.05, 0.1) is 0 Å². The summed E-state index contributed by atoms with van der Waals surface area (Å²) in [7, 11) is -1.65. The summed E-state index contributed by atoms with van der Waals surface area (Å²) >= 11 is 0. The van der Waals surface area contributed by atoms with E-state index in [0.717, 1.165) is 12.0 Å². The Morgan fingerprint density at radius 2 is 2.21 bits per heavy atom. The summed E-state index contributed by atoms with van der Waals surface area (Å²) in [5.74, 6) is -0.0618. The third-order valence-corrected chi connectivity index (χ3v) is 2.10. The smallest absolute Gasteiger partial charge is 0.444 e. The highest BCUT2D eigenvalue weighted by molar-refractivity contribution is 6.56. The molecule has 2 N–H and O–H groups in total. The Labute approximate surface area is 81.3 Å². The van der Waals surface area contributed by atoms with Crippen LogP contribution in [0.3, 0.4) is 0 Å². The van der Waals surface area contributed by atoms with Crippen molar-refractivity contribution in [3.63, 3.8) is 0 Å². The fourth-order valence-corrected chi connectivity index (χ4v) is 1.32. The Bertz CT molecular complexity index is 452. The first kappa shape index (κ1) is 9.24. The van der Waals surface area contributed by atoms with Crippen molar-refractivity contribution in [2.45, 2.75) is 13.3 Å². The lowest BCUT2D eigenvalue weighted by molar-refractivity contribution is 0.409. The van der Waals surface area contributed by atoms with Crippen LogP contribution in [0, 0.1) is 0 Å². The van der Waals surface area contributed by atoms with Gasteiger partial charge in [-0.25, -0.2) is 4.98 Å². The number of rotatable bonds is 2. The van der Waals surface area contributed by atoms with Gasteiger partial charge in [0.2, 0.25) is 5.79 Å². The molecule has 4 nitrogen and oxygen atoms in total. The van der Waals surface area contributed by atoms with Crippen LogP contribution in [0.4, 0.5) is 0 Å². The van der Waals surface area contributed by atoms with E-state index in [4.69, 9.17) is 14.5 Å². The summed E-state index contributed by atoms with van der Waals surface area (Å²) in [4.78, 5) is 3.95. The molecule has 0 unspecified atom stereocenters. The Morgan fingerprint density at radius 1 is 1.43 bits per heavy atom. The van der Waals surface area contributed by atoms with Crippen molar-refractivity contribution in [2.24, 2.45) is 0 Å². The second kappa shape index (κ2) is 3.44. The zero-order valence-electron chi connectivity index (χ0n) is 7.77. The fraction of sp³-hybridized carbons (Fsp3) is 0.222. The molecule has 0 radical (unpaired) electrons. The van der Waals surface area contributed by atoms with E-state index >= 15 is 0 Å². The van der Waals surface area contributed by atoms with Crippen LogP contribution in [-0.2, 0) is 6.42 Å². The van der Waals surface area contributed by atoms with Crippen LogP contribution in [0.1, 0.15) is 12.5 Å². The van der Waals surface area contributed by atoms with Crippen molar-refractivity contribution in [3.05, 3.63) is 23.8 Å². The topological polar surface area (TPSA) is 66.5 Å². The molecule has 0 saturated carbocycles. The van der Waals surface area contributed by atoms with Crippen molar-refractivity contribution >= 4 is 24.0 Å². The van der Waals surface area contributed by atoms with Crippen molar-refractivity contribution in [1.82, 2.24) is 4.98 Å². The number of aromatic nitrogens is 1. The number of benzene rings is 1. The van der Waals surface area contributed by atoms with Gasteiger partial charge in [-0.3, -0.25) is 0 Å². The molecule has 0 aliphatic carbocycles. The minimum atomic E-state index is -1.65. The molecule has 0 saturated heterocycles. The quantitative estimate of drug-likeness (QED) is 0.659. The zero-order chi connectivity index (χ0) is 10.1. The molecule has 1 aromatic heterocycles. The van der Waals surface area contributed by atoms with E-state index in [0.29, 0.717) is 11.1 Å². The number of hydrogen-bond acceptors (Lipinski definition) is 4. The van der Waals surface area contributed by atoms with Gasteiger partial charge in [0.15, 0.2) is 5.58 Å². The molecule has 5 heteroatoms. The number of oxazole rings is 1. The molecule has 0 amide bonds. The second-order valence-corrected chi connectivity index (χ2v) is 3.08. The van der Waals surface area contributed by atoms with Crippen molar-refractivity contribution < 1.29 is 14.5 Å². The molecule has 0 aliphatic rings. The number of aryl methyl sites for hydroxylation is 1. The van der Waals surface area contributed by atoms with Gasteiger partial charge >= 0.3 is 7.12 Å². The van der Waals surface area contributed by atoms with E-state index in [9.17, 15) is 0 Å². The molecule has 0 aliphatic heterocycles. The largest absolute Gasteiger partial charge is 0.548 e. The maximum absolute atomic E-state index is 8.85. The van der Waals surface area contributed by atoms with Crippen molar-refractivity contribution in [3.8, 4) is 0 Å². The van der Waals surface area contributed by atoms with E-state index in [1.807, 2.05) is 19.1 Å². The molecule has 1 heterocycles. The van der Waals surface area contributed by atoms with E-state index in [1.165, 1.54) is 0 Å². The van der Waals surface area contributed by atoms with Gasteiger partial charge in [0, 0.05) is 0 Å². The Balaban J connectivity index is 2.54. The van der Waals surface area contributed by atoms with Gasteiger partial charge in [-0.1, -0.05) is 13.0 Å². The minimum Gasteiger partial charge on any atom is -0.444 e. The lowest BCUT2D eigenvalue weighted by atomic mass is 9.93. The van der Waals surface area contributed by atoms with E-state index in [1.54, 1.807) is 6.07 Å². The van der Waals surface area contributed by atoms with Gasteiger partial charge in [-0.2, -0.15) is 0 Å². The van der Waals surface area contributed by atoms with Crippen molar-refractivity contribution in [1.29, 1.82) is 0 Å². The van der Waals surface area contributed by atoms with Crippen LogP contribution < -0.4 is 5.79 Å². The lowest BCUT2D eigenvalue weighted by Gasteiger charge is -1.92. The Morgan fingerprint density at radius 3 is 2.86 bits per heavy atom. The number of nitrogens with zero attached hydrogens (tertiary/aromatic N) is 1. The molecule has 0 spiro atoms. The Kier molecular flexibility index (Phi) is 2.27. The third kappa shape index (κ3) is 1.52. The zero-order valence-corrected chi connectivity index (χ0v) is 7.77. The summed E-state index contributed by atoms with van der Waals surface area (Å²) in [6.07, 6.45) is 0.916. The molecule has 14 heavy (non-hydrogen) atoms. The maximum Gasteiger partial charge on any atom is 0.548 e. The lowest BCUT2D eigenvalue weighted by Crippen LogP contribution is -2.30. The summed E-state index contributed by atoms with van der Waals surface area (Å²) in [5.41, 5.74) is 2.38. The molecule has 0 atom stereocenters. The summed E-state index contributed by atoms with van der Waals surface area (Å²) < 4.78 is 5.12. The van der Waals surface area contributed by atoms with Gasteiger partial charge in [0.1, 0.15) is 5.52 Å². The molecule has 0 fully saturated rings. The normalized spacial score (nSPS) is 10.8. The minimum absolute atomic E-state index is 0.0618. The molecule has 2 rings (SSSR count). The highest BCUT2D eigenvalue weighted by atomic mass is 16.4. The highest BCUT2D eigenvalue weighted by Crippen LogP contribution is 2.13. The second-order valence-electron chi connectivity index (χ2n) is 3.08. The number of fused-ring (bicyclic) bond motifs is 1. The van der Waals surface area contributed by atoms with Crippen molar-refractivity contribution in [2.75, 3.05) is 0 Å². The first-order valence-electron chi connectivity index (χ1n) is 4.46. The molecular formula is C9H10BNO3. The van der Waals surface area contributed by atoms with Crippen LogP contribution in [-0.4, -0.2) is 22.2 Å². The van der Waals surface area contributed by atoms with Crippen LogP contribution in [0.15, 0.2) is 22.6 Å². The predicted molar refractivity (Wildman–Crippen MR) is 53.2 cm³/mol. The van der Waals surface area contributed by atoms with E-state index < -0.39 is 7.12 Å². The van der Waals surface area contributed by atoms with Gasteiger partial charge in [-0.15, -0.1) is 0 Å². The standard InChI is InChI=1S/C9H10BNO3/c1-2-6-3-4-8-7(5-6)11-9(14-8)10(12)13/h3-5,12-13H,2H2,1H3. The summed E-state index contributed by atoms with van der Waals surface area (Å²) in [6, 6.07) is 5.60. The van der Waals surface area contributed by atoms with Crippen LogP contribution in [0.5, 0.6) is 0 Å². The average molecular weight is 191 g/mol. The van der Waals surface area contributed by atoms with Gasteiger partial charge in [0.25, 0.3) is 0 Å².